The van der Waals surface area contributed by atoms with Gasteiger partial charge in [0, 0.05) is 32.1 Å². The molecule has 2 aliphatic heterocycles. The maximum atomic E-state index is 13.8. The van der Waals surface area contributed by atoms with Gasteiger partial charge in [0.25, 0.3) is 0 Å². The molecule has 0 saturated carbocycles. The average Bonchev–Trinajstić information content (AvgIpc) is 2.78. The van der Waals surface area contributed by atoms with Gasteiger partial charge in [-0.25, -0.2) is 22.4 Å². The summed E-state index contributed by atoms with van der Waals surface area (Å²) in [5.74, 6) is -6.25. The van der Waals surface area contributed by atoms with E-state index in [1.165, 1.54) is 29.3 Å². The van der Waals surface area contributed by atoms with Crippen molar-refractivity contribution in [3.63, 3.8) is 0 Å². The van der Waals surface area contributed by atoms with Gasteiger partial charge >= 0.3 is 6.09 Å². The Balaban J connectivity index is 1.69. The number of hydrogen-bond donors (Lipinski definition) is 1. The fourth-order valence-electron chi connectivity index (χ4n) is 4.11. The van der Waals surface area contributed by atoms with Crippen molar-refractivity contribution in [3.05, 3.63) is 82.8 Å². The molecular weight excluding hydrogens is 458 g/mol. The van der Waals surface area contributed by atoms with E-state index < -0.39 is 47.2 Å². The van der Waals surface area contributed by atoms with Crippen LogP contribution >= 0.6 is 0 Å². The Labute approximate surface area is 191 Å². The first-order valence-electron chi connectivity index (χ1n) is 10.4. The van der Waals surface area contributed by atoms with Gasteiger partial charge in [-0.1, -0.05) is 12.1 Å². The molecule has 0 bridgehead atoms. The van der Waals surface area contributed by atoms with Crippen LogP contribution in [0.2, 0.25) is 0 Å². The predicted octanol–water partition coefficient (Wildman–Crippen LogP) is 3.25. The third kappa shape index (κ3) is 4.45. The Kier molecular flexibility index (Phi) is 6.27. The molecule has 178 valence electrons. The van der Waals surface area contributed by atoms with Gasteiger partial charge in [-0.2, -0.15) is 0 Å². The Morgan fingerprint density at radius 1 is 1.03 bits per heavy atom. The number of carbonyl (C=O) groups is 3. The molecule has 0 aliphatic carbocycles. The molecule has 1 atom stereocenters. The van der Waals surface area contributed by atoms with Crippen LogP contribution in [0.4, 0.5) is 22.4 Å². The molecule has 2 aromatic rings. The molecule has 3 amide bonds. The molecular formula is C23H19F4N3O4. The van der Waals surface area contributed by atoms with Crippen LogP contribution in [0.3, 0.4) is 0 Å². The minimum atomic E-state index is -1.66. The van der Waals surface area contributed by atoms with E-state index in [2.05, 4.69) is 0 Å². The Hall–Kier alpha value is -3.89. The topological polar surface area (TPSA) is 81.2 Å². The maximum absolute atomic E-state index is 13.8. The van der Waals surface area contributed by atoms with Crippen molar-refractivity contribution < 1.29 is 37.1 Å². The second-order valence-corrected chi connectivity index (χ2v) is 7.94. The van der Waals surface area contributed by atoms with Crippen molar-refractivity contribution in [3.8, 4) is 0 Å². The van der Waals surface area contributed by atoms with Gasteiger partial charge in [0.2, 0.25) is 11.8 Å². The van der Waals surface area contributed by atoms with Crippen molar-refractivity contribution >= 4 is 17.9 Å². The van der Waals surface area contributed by atoms with E-state index >= 15 is 0 Å². The molecule has 2 aromatic carbocycles. The van der Waals surface area contributed by atoms with E-state index in [4.69, 9.17) is 0 Å². The fourth-order valence-corrected chi connectivity index (χ4v) is 4.11. The zero-order valence-corrected chi connectivity index (χ0v) is 17.7. The lowest BCUT2D eigenvalue weighted by atomic mass is 9.99. The summed E-state index contributed by atoms with van der Waals surface area (Å²) >= 11 is 0. The van der Waals surface area contributed by atoms with Crippen LogP contribution in [0.15, 0.2) is 48.4 Å². The third-order valence-corrected chi connectivity index (χ3v) is 5.73. The molecule has 1 fully saturated rings. The predicted molar refractivity (Wildman–Crippen MR) is 110 cm³/mol. The first-order valence-corrected chi connectivity index (χ1v) is 10.4. The quantitative estimate of drug-likeness (QED) is 0.530. The van der Waals surface area contributed by atoms with Crippen LogP contribution in [0.5, 0.6) is 0 Å². The van der Waals surface area contributed by atoms with Crippen LogP contribution < -0.4 is 0 Å². The monoisotopic (exact) mass is 477 g/mol. The van der Waals surface area contributed by atoms with Crippen LogP contribution in [0.1, 0.15) is 17.5 Å². The summed E-state index contributed by atoms with van der Waals surface area (Å²) < 4.78 is 54.4. The highest BCUT2D eigenvalue weighted by molar-refractivity contribution is 5.93. The molecule has 2 heterocycles. The first-order chi connectivity index (χ1) is 16.2. The lowest BCUT2D eigenvalue weighted by Crippen LogP contribution is -2.60. The number of carboxylic acid groups (broad SMARTS) is 1. The summed E-state index contributed by atoms with van der Waals surface area (Å²) in [7, 11) is 0. The van der Waals surface area contributed by atoms with E-state index in [0.717, 1.165) is 21.9 Å². The second-order valence-electron chi connectivity index (χ2n) is 7.94. The minimum absolute atomic E-state index is 0.0317. The SMILES string of the molecule is O=C1[C@H](Cc2cc(F)c(F)c(F)c2)N2C(=O)CCN(C(=O)O)C2=CN1CCc1cccc(F)c1. The van der Waals surface area contributed by atoms with Crippen LogP contribution in [0, 0.1) is 23.3 Å². The van der Waals surface area contributed by atoms with Gasteiger partial charge in [-0.05, 0) is 41.8 Å². The summed E-state index contributed by atoms with van der Waals surface area (Å²) in [6, 6.07) is 5.87. The number of amides is 3. The van der Waals surface area contributed by atoms with Crippen molar-refractivity contribution in [1.29, 1.82) is 0 Å². The van der Waals surface area contributed by atoms with Gasteiger partial charge in [0.1, 0.15) is 17.7 Å². The molecule has 7 nitrogen and oxygen atoms in total. The summed E-state index contributed by atoms with van der Waals surface area (Å²) in [5, 5.41) is 9.59. The molecule has 1 saturated heterocycles. The highest BCUT2D eigenvalue weighted by Gasteiger charge is 2.44. The molecule has 1 N–H and O–H groups in total. The Bertz CT molecular complexity index is 1180. The molecule has 0 aromatic heterocycles. The summed E-state index contributed by atoms with van der Waals surface area (Å²) in [5.41, 5.74) is 0.504. The number of rotatable bonds is 5. The van der Waals surface area contributed by atoms with Gasteiger partial charge in [0.15, 0.2) is 17.5 Å². The van der Waals surface area contributed by atoms with Crippen LogP contribution in [0.25, 0.3) is 0 Å². The number of hydrogen-bond acceptors (Lipinski definition) is 3. The molecule has 0 spiro atoms. The smallest absolute Gasteiger partial charge is 0.413 e. The van der Waals surface area contributed by atoms with E-state index in [0.29, 0.717) is 5.56 Å². The highest BCUT2D eigenvalue weighted by atomic mass is 19.2. The lowest BCUT2D eigenvalue weighted by molar-refractivity contribution is -0.148. The maximum Gasteiger partial charge on any atom is 0.413 e. The van der Waals surface area contributed by atoms with Crippen molar-refractivity contribution in [2.24, 2.45) is 0 Å². The Morgan fingerprint density at radius 3 is 2.38 bits per heavy atom. The lowest BCUT2D eigenvalue weighted by Gasteiger charge is -2.45. The van der Waals surface area contributed by atoms with Crippen molar-refractivity contribution in [2.75, 3.05) is 13.1 Å². The zero-order chi connectivity index (χ0) is 24.6. The number of carbonyl (C=O) groups excluding carboxylic acids is 2. The minimum Gasteiger partial charge on any atom is -0.465 e. The van der Waals surface area contributed by atoms with Crippen LogP contribution in [-0.4, -0.2) is 56.8 Å². The van der Waals surface area contributed by atoms with Gasteiger partial charge in [0.05, 0.1) is 0 Å². The number of benzene rings is 2. The van der Waals surface area contributed by atoms with Crippen LogP contribution in [-0.2, 0) is 22.4 Å². The van der Waals surface area contributed by atoms with Gasteiger partial charge in [-0.15, -0.1) is 0 Å². The largest absolute Gasteiger partial charge is 0.465 e. The molecule has 34 heavy (non-hydrogen) atoms. The van der Waals surface area contributed by atoms with E-state index in [-0.39, 0.29) is 43.7 Å². The standard InChI is InChI=1S/C23H19F4N3O4/c24-15-3-1-2-13(8-15)4-6-28-12-19-29(23(33)34)7-5-20(31)30(19)18(22(28)32)11-14-9-16(25)21(27)17(26)10-14/h1-3,8-10,12,18H,4-7,11H2,(H,33,34)/t18-/m0/s1. The fraction of sp³-hybridized carbons (Fsp3) is 0.261. The highest BCUT2D eigenvalue weighted by Crippen LogP contribution is 2.30. The second kappa shape index (κ2) is 9.16. The summed E-state index contributed by atoms with van der Waals surface area (Å²) in [4.78, 5) is 40.9. The molecule has 0 radical (unpaired) electrons. The average molecular weight is 477 g/mol. The van der Waals surface area contributed by atoms with Gasteiger partial charge < -0.3 is 10.0 Å². The summed E-state index contributed by atoms with van der Waals surface area (Å²) in [6.07, 6.45) is -0.459. The van der Waals surface area contributed by atoms with E-state index in [1.54, 1.807) is 6.07 Å². The van der Waals surface area contributed by atoms with E-state index in [1.807, 2.05) is 0 Å². The number of halogens is 4. The van der Waals surface area contributed by atoms with Gasteiger partial charge in [-0.3, -0.25) is 19.4 Å². The van der Waals surface area contributed by atoms with Crippen molar-refractivity contribution in [2.45, 2.75) is 25.3 Å². The number of fused-ring (bicyclic) bond motifs is 1. The first kappa shape index (κ1) is 23.3. The number of nitrogens with zero attached hydrogens (tertiary/aromatic N) is 3. The molecule has 0 unspecified atom stereocenters. The molecule has 11 heteroatoms. The van der Waals surface area contributed by atoms with E-state index in [9.17, 15) is 37.1 Å². The van der Waals surface area contributed by atoms with Crippen molar-refractivity contribution in [1.82, 2.24) is 14.7 Å². The zero-order valence-electron chi connectivity index (χ0n) is 17.7. The normalized spacial score (nSPS) is 18.2. The molecule has 2 aliphatic rings. The molecule has 4 rings (SSSR count). The Morgan fingerprint density at radius 2 is 1.74 bits per heavy atom. The summed E-state index contributed by atoms with van der Waals surface area (Å²) in [6.45, 7) is -0.0983. The third-order valence-electron chi connectivity index (χ3n) is 5.73.